The van der Waals surface area contributed by atoms with E-state index >= 15 is 0 Å². The molecule has 0 saturated heterocycles. The second kappa shape index (κ2) is 8.54. The van der Waals surface area contributed by atoms with Crippen molar-refractivity contribution in [1.82, 2.24) is 10.2 Å². The summed E-state index contributed by atoms with van der Waals surface area (Å²) in [4.78, 5) is 26.7. The van der Waals surface area contributed by atoms with Crippen LogP contribution in [0.3, 0.4) is 0 Å². The van der Waals surface area contributed by atoms with Gasteiger partial charge < -0.3 is 15.1 Å². The minimum atomic E-state index is -0.0286. The Balaban J connectivity index is 2.51. The maximum Gasteiger partial charge on any atom is 0.278 e. The summed E-state index contributed by atoms with van der Waals surface area (Å²) in [7, 11) is 3.67. The normalized spacial score (nSPS) is 13.5. The molecular formula is C17H28N3O2+. The zero-order valence-corrected chi connectivity index (χ0v) is 14.2. The maximum absolute atomic E-state index is 12.3. The zero-order chi connectivity index (χ0) is 16.7. The van der Waals surface area contributed by atoms with Crippen LogP contribution in [0.1, 0.15) is 32.4 Å². The Kier molecular flexibility index (Phi) is 7.05. The standard InChI is InChI=1S/C17H27N3O2/c1-13(2)18-16(21)11-19(4)12-17(22)20(5)14(3)15-9-7-6-8-10-15/h6-10,13-14H,11-12H2,1-5H3,(H,18,21)/p+1/t14-/m0/s1. The molecule has 0 spiro atoms. The molecule has 122 valence electrons. The van der Waals surface area contributed by atoms with E-state index in [1.165, 1.54) is 0 Å². The summed E-state index contributed by atoms with van der Waals surface area (Å²) in [6.45, 7) is 6.46. The highest BCUT2D eigenvalue weighted by molar-refractivity contribution is 5.79. The van der Waals surface area contributed by atoms with E-state index < -0.39 is 0 Å². The third kappa shape index (κ3) is 5.85. The van der Waals surface area contributed by atoms with Gasteiger partial charge in [-0.1, -0.05) is 30.3 Å². The van der Waals surface area contributed by atoms with Crippen LogP contribution in [0.2, 0.25) is 0 Å². The molecule has 0 aliphatic heterocycles. The van der Waals surface area contributed by atoms with Gasteiger partial charge in [0.15, 0.2) is 13.1 Å². The molecule has 0 fully saturated rings. The van der Waals surface area contributed by atoms with Gasteiger partial charge in [0, 0.05) is 13.1 Å². The first-order valence-corrected chi connectivity index (χ1v) is 7.72. The van der Waals surface area contributed by atoms with Crippen LogP contribution in [0, 0.1) is 0 Å². The molecule has 5 nitrogen and oxygen atoms in total. The molecule has 5 heteroatoms. The van der Waals surface area contributed by atoms with Crippen LogP contribution >= 0.6 is 0 Å². The lowest BCUT2D eigenvalue weighted by atomic mass is 10.1. The molecule has 0 aliphatic rings. The fraction of sp³-hybridized carbons (Fsp3) is 0.529. The third-order valence-electron chi connectivity index (χ3n) is 3.62. The summed E-state index contributed by atoms with van der Waals surface area (Å²) in [5.41, 5.74) is 1.11. The second-order valence-electron chi connectivity index (χ2n) is 6.12. The van der Waals surface area contributed by atoms with Gasteiger partial charge >= 0.3 is 0 Å². The summed E-state index contributed by atoms with van der Waals surface area (Å²) in [6.07, 6.45) is 0. The van der Waals surface area contributed by atoms with E-state index in [9.17, 15) is 9.59 Å². The van der Waals surface area contributed by atoms with Crippen molar-refractivity contribution in [1.29, 1.82) is 0 Å². The van der Waals surface area contributed by atoms with Crippen molar-refractivity contribution >= 4 is 11.8 Å². The second-order valence-corrected chi connectivity index (χ2v) is 6.12. The van der Waals surface area contributed by atoms with Gasteiger partial charge in [0.05, 0.1) is 13.1 Å². The quantitative estimate of drug-likeness (QED) is 0.758. The van der Waals surface area contributed by atoms with Crippen LogP contribution in [-0.4, -0.2) is 49.9 Å². The molecule has 0 saturated carbocycles. The number of benzene rings is 1. The Bertz CT molecular complexity index is 488. The number of hydrogen-bond acceptors (Lipinski definition) is 2. The smallest absolute Gasteiger partial charge is 0.278 e. The van der Waals surface area contributed by atoms with Gasteiger partial charge in [-0.2, -0.15) is 0 Å². The van der Waals surface area contributed by atoms with Crippen molar-refractivity contribution in [3.05, 3.63) is 35.9 Å². The number of quaternary nitrogens is 1. The molecule has 2 atom stereocenters. The number of likely N-dealkylation sites (N-methyl/N-ethyl adjacent to an activating group) is 2. The average Bonchev–Trinajstić information content (AvgIpc) is 2.45. The van der Waals surface area contributed by atoms with Crippen LogP contribution in [0.4, 0.5) is 0 Å². The van der Waals surface area contributed by atoms with Crippen LogP contribution in [0.15, 0.2) is 30.3 Å². The lowest BCUT2D eigenvalue weighted by Crippen LogP contribution is -3.11. The summed E-state index contributed by atoms with van der Waals surface area (Å²) in [5.74, 6) is 0.00487. The van der Waals surface area contributed by atoms with Gasteiger partial charge in [-0.05, 0) is 26.3 Å². The van der Waals surface area contributed by atoms with Gasteiger partial charge in [0.2, 0.25) is 0 Å². The van der Waals surface area contributed by atoms with E-state index in [0.717, 1.165) is 10.5 Å². The summed E-state index contributed by atoms with van der Waals surface area (Å²) >= 11 is 0. The van der Waals surface area contributed by atoms with Crippen molar-refractivity contribution in [3.63, 3.8) is 0 Å². The van der Waals surface area contributed by atoms with Gasteiger partial charge in [-0.15, -0.1) is 0 Å². The Morgan fingerprint density at radius 1 is 1.14 bits per heavy atom. The third-order valence-corrected chi connectivity index (χ3v) is 3.62. The zero-order valence-electron chi connectivity index (χ0n) is 14.2. The number of carbonyl (C=O) groups is 2. The molecule has 0 aliphatic carbocycles. The molecule has 0 aromatic heterocycles. The predicted molar refractivity (Wildman–Crippen MR) is 87.5 cm³/mol. The van der Waals surface area contributed by atoms with Crippen LogP contribution < -0.4 is 10.2 Å². The van der Waals surface area contributed by atoms with Crippen molar-refractivity contribution in [2.45, 2.75) is 32.9 Å². The first-order valence-electron chi connectivity index (χ1n) is 7.72. The minimum Gasteiger partial charge on any atom is -0.349 e. The Morgan fingerprint density at radius 3 is 2.27 bits per heavy atom. The van der Waals surface area contributed by atoms with Crippen molar-refractivity contribution in [2.24, 2.45) is 0 Å². The first-order chi connectivity index (χ1) is 10.3. The molecular weight excluding hydrogens is 278 g/mol. The number of carbonyl (C=O) groups excluding carboxylic acids is 2. The van der Waals surface area contributed by atoms with Crippen molar-refractivity contribution in [3.8, 4) is 0 Å². The van der Waals surface area contributed by atoms with Gasteiger partial charge in [0.25, 0.3) is 11.8 Å². The first kappa shape index (κ1) is 18.2. The topological polar surface area (TPSA) is 53.9 Å². The SMILES string of the molecule is CC(C)NC(=O)C[NH+](C)CC(=O)N(C)[C@@H](C)c1ccccc1. The van der Waals surface area contributed by atoms with Crippen LogP contribution in [0.5, 0.6) is 0 Å². The molecule has 2 amide bonds. The van der Waals surface area contributed by atoms with E-state index in [1.807, 2.05) is 65.2 Å². The highest BCUT2D eigenvalue weighted by Crippen LogP contribution is 2.17. The molecule has 1 rings (SSSR count). The average molecular weight is 306 g/mol. The lowest BCUT2D eigenvalue weighted by molar-refractivity contribution is -0.863. The largest absolute Gasteiger partial charge is 0.349 e. The van der Waals surface area contributed by atoms with Gasteiger partial charge in [0.1, 0.15) is 0 Å². The van der Waals surface area contributed by atoms with E-state index in [-0.39, 0.29) is 23.9 Å². The Morgan fingerprint density at radius 2 is 1.73 bits per heavy atom. The summed E-state index contributed by atoms with van der Waals surface area (Å²) in [6, 6.07) is 10.1. The number of rotatable bonds is 7. The number of hydrogen-bond donors (Lipinski definition) is 2. The van der Waals surface area contributed by atoms with E-state index in [0.29, 0.717) is 13.1 Å². The highest BCUT2D eigenvalue weighted by Gasteiger charge is 2.21. The Labute approximate surface area is 133 Å². The molecule has 0 heterocycles. The highest BCUT2D eigenvalue weighted by atomic mass is 16.2. The van der Waals surface area contributed by atoms with Crippen molar-refractivity contribution < 1.29 is 14.5 Å². The Hall–Kier alpha value is -1.88. The fourth-order valence-corrected chi connectivity index (χ4v) is 2.26. The lowest BCUT2D eigenvalue weighted by Gasteiger charge is -2.26. The van der Waals surface area contributed by atoms with Crippen LogP contribution in [-0.2, 0) is 9.59 Å². The fourth-order valence-electron chi connectivity index (χ4n) is 2.26. The molecule has 1 unspecified atom stereocenters. The molecule has 0 radical (unpaired) electrons. The monoisotopic (exact) mass is 306 g/mol. The van der Waals surface area contributed by atoms with Gasteiger partial charge in [-0.25, -0.2) is 0 Å². The van der Waals surface area contributed by atoms with E-state index in [4.69, 9.17) is 0 Å². The number of amides is 2. The molecule has 0 bridgehead atoms. The predicted octanol–water partition coefficient (Wildman–Crippen LogP) is 0.245. The molecule has 1 aromatic rings. The number of nitrogens with zero attached hydrogens (tertiary/aromatic N) is 1. The van der Waals surface area contributed by atoms with Crippen LogP contribution in [0.25, 0.3) is 0 Å². The molecule has 22 heavy (non-hydrogen) atoms. The van der Waals surface area contributed by atoms with E-state index in [1.54, 1.807) is 4.90 Å². The van der Waals surface area contributed by atoms with Crippen molar-refractivity contribution in [2.75, 3.05) is 27.2 Å². The molecule has 1 aromatic carbocycles. The van der Waals surface area contributed by atoms with Gasteiger partial charge in [-0.3, -0.25) is 9.59 Å². The summed E-state index contributed by atoms with van der Waals surface area (Å²) in [5, 5.41) is 2.84. The maximum atomic E-state index is 12.3. The summed E-state index contributed by atoms with van der Waals surface area (Å²) < 4.78 is 0. The molecule has 2 N–H and O–H groups in total. The number of nitrogens with one attached hydrogen (secondary N) is 2. The minimum absolute atomic E-state index is 0.0194. The van der Waals surface area contributed by atoms with E-state index in [2.05, 4.69) is 5.32 Å².